The van der Waals surface area contributed by atoms with Crippen LogP contribution in [0.4, 0.5) is 5.82 Å². The summed E-state index contributed by atoms with van der Waals surface area (Å²) in [5, 5.41) is 2.95. The highest BCUT2D eigenvalue weighted by Gasteiger charge is 2.26. The number of hydrogen-bond acceptors (Lipinski definition) is 8. The number of piperidine rings is 1. The fraction of sp³-hybridized carbons (Fsp3) is 0.444. The fourth-order valence-electron chi connectivity index (χ4n) is 3.24. The van der Waals surface area contributed by atoms with Crippen LogP contribution in [0.15, 0.2) is 11.2 Å². The van der Waals surface area contributed by atoms with Crippen molar-refractivity contribution in [3.8, 4) is 0 Å². The number of sulfone groups is 1. The minimum atomic E-state index is -3.75. The predicted molar refractivity (Wildman–Crippen MR) is 118 cm³/mol. The van der Waals surface area contributed by atoms with E-state index >= 15 is 0 Å². The van der Waals surface area contributed by atoms with Crippen molar-refractivity contribution in [2.24, 2.45) is 0 Å². The average Bonchev–Trinajstić information content (AvgIpc) is 3.01. The molecule has 11 nitrogen and oxygen atoms in total. The molecule has 0 spiro atoms. The number of amides is 2. The number of hydroxylamine groups is 1. The largest absolute Gasteiger partial charge is 0.356 e. The molecule has 2 amide bonds. The molecular formula is C18H22Cl2N6O5S. The summed E-state index contributed by atoms with van der Waals surface area (Å²) in [5.74, 6) is -0.760. The summed E-state index contributed by atoms with van der Waals surface area (Å²) in [4.78, 5) is 41.9. The number of nitrogens with zero attached hydrogens (tertiary/aromatic N) is 3. The summed E-state index contributed by atoms with van der Waals surface area (Å²) in [6.45, 7) is 2.65. The lowest BCUT2D eigenvalue weighted by Gasteiger charge is -2.33. The van der Waals surface area contributed by atoms with Gasteiger partial charge in [-0.3, -0.25) is 14.4 Å². The molecule has 3 N–H and O–H groups in total. The van der Waals surface area contributed by atoms with E-state index in [2.05, 4.69) is 30.6 Å². The van der Waals surface area contributed by atoms with Crippen LogP contribution >= 0.6 is 23.2 Å². The Kier molecular flexibility index (Phi) is 7.28. The maximum atomic E-state index is 12.5. The Balaban J connectivity index is 1.72. The number of rotatable bonds is 6. The van der Waals surface area contributed by atoms with Crippen LogP contribution in [0.3, 0.4) is 0 Å². The lowest BCUT2D eigenvalue weighted by molar-refractivity contribution is 0.0531. The number of aryl methyl sites for hydroxylation is 1. The second-order valence-corrected chi connectivity index (χ2v) is 9.95. The average molecular weight is 505 g/mol. The molecule has 1 aliphatic rings. The number of aromatic nitrogens is 3. The molecule has 0 unspecified atom stereocenters. The Labute approximate surface area is 194 Å². The van der Waals surface area contributed by atoms with Crippen LogP contribution in [0, 0.1) is 6.92 Å². The molecule has 1 aliphatic heterocycles. The molecule has 2 aromatic heterocycles. The van der Waals surface area contributed by atoms with E-state index in [4.69, 9.17) is 23.2 Å². The van der Waals surface area contributed by atoms with Crippen LogP contribution in [0.2, 0.25) is 10.0 Å². The third-order valence-corrected chi connectivity index (χ3v) is 6.68. The second-order valence-electron chi connectivity index (χ2n) is 7.29. The van der Waals surface area contributed by atoms with Crippen molar-refractivity contribution in [1.29, 1.82) is 0 Å². The minimum absolute atomic E-state index is 0.135. The quantitative estimate of drug-likeness (QED) is 0.396. The number of hydrogen-bond donors (Lipinski definition) is 3. The van der Waals surface area contributed by atoms with E-state index in [1.165, 1.54) is 13.2 Å². The van der Waals surface area contributed by atoms with Crippen molar-refractivity contribution in [3.63, 3.8) is 0 Å². The number of halogens is 2. The standard InChI is InChI=1S/C18H22Cl2N6O5S/c1-9-13(19)14(20)15(21-9)17(28)22-10-4-6-26(7-5-10)12-8-11(16(27)25-31-2)23-18(24-12)32(3,29)30/h8,10,21H,4-7H2,1-3H3,(H,22,28)(H,25,27). The van der Waals surface area contributed by atoms with Gasteiger partial charge in [0, 0.05) is 37.1 Å². The van der Waals surface area contributed by atoms with E-state index in [0.717, 1.165) is 6.26 Å². The molecule has 3 heterocycles. The molecule has 32 heavy (non-hydrogen) atoms. The van der Waals surface area contributed by atoms with Gasteiger partial charge in [-0.2, -0.15) is 0 Å². The summed E-state index contributed by atoms with van der Waals surface area (Å²) < 4.78 is 24.0. The molecule has 174 valence electrons. The van der Waals surface area contributed by atoms with Gasteiger partial charge in [-0.25, -0.2) is 23.9 Å². The monoisotopic (exact) mass is 504 g/mol. The number of carbonyl (C=O) groups excluding carboxylic acids is 2. The molecular weight excluding hydrogens is 483 g/mol. The molecule has 0 aliphatic carbocycles. The maximum absolute atomic E-state index is 12.5. The van der Waals surface area contributed by atoms with E-state index in [1.54, 1.807) is 6.92 Å². The Morgan fingerprint density at radius 3 is 2.38 bits per heavy atom. The van der Waals surface area contributed by atoms with Gasteiger partial charge in [0.05, 0.1) is 17.2 Å². The summed E-state index contributed by atoms with van der Waals surface area (Å²) in [6, 6.07) is 1.26. The van der Waals surface area contributed by atoms with Gasteiger partial charge < -0.3 is 15.2 Å². The molecule has 0 atom stereocenters. The first-order chi connectivity index (χ1) is 15.0. The Bertz CT molecular complexity index is 1140. The third-order valence-electron chi connectivity index (χ3n) is 4.89. The summed E-state index contributed by atoms with van der Waals surface area (Å²) in [6.07, 6.45) is 2.09. The normalized spacial score (nSPS) is 15.0. The Morgan fingerprint density at radius 2 is 1.84 bits per heavy atom. The van der Waals surface area contributed by atoms with Crippen LogP contribution in [-0.2, 0) is 14.7 Å². The van der Waals surface area contributed by atoms with Crippen LogP contribution in [-0.4, -0.2) is 67.7 Å². The first-order valence-corrected chi connectivity index (χ1v) is 12.2. The number of nitrogens with one attached hydrogen (secondary N) is 3. The summed E-state index contributed by atoms with van der Waals surface area (Å²) in [7, 11) is -2.50. The number of H-pyrrole nitrogens is 1. The highest BCUT2D eigenvalue weighted by Crippen LogP contribution is 2.29. The minimum Gasteiger partial charge on any atom is -0.356 e. The second kappa shape index (κ2) is 9.61. The molecule has 3 rings (SSSR count). The van der Waals surface area contributed by atoms with Crippen molar-refractivity contribution in [1.82, 2.24) is 25.7 Å². The lowest BCUT2D eigenvalue weighted by atomic mass is 10.0. The fourth-order valence-corrected chi connectivity index (χ4v) is 4.18. The van der Waals surface area contributed by atoms with Crippen molar-refractivity contribution in [3.05, 3.63) is 33.2 Å². The number of aromatic amines is 1. The van der Waals surface area contributed by atoms with E-state index in [1.807, 2.05) is 4.90 Å². The van der Waals surface area contributed by atoms with Gasteiger partial charge in [0.25, 0.3) is 11.8 Å². The molecule has 14 heteroatoms. The zero-order valence-corrected chi connectivity index (χ0v) is 19.9. The van der Waals surface area contributed by atoms with Gasteiger partial charge in [-0.1, -0.05) is 23.2 Å². The molecule has 0 bridgehead atoms. The van der Waals surface area contributed by atoms with Gasteiger partial charge in [-0.15, -0.1) is 0 Å². The van der Waals surface area contributed by atoms with Gasteiger partial charge in [-0.05, 0) is 19.8 Å². The van der Waals surface area contributed by atoms with E-state index in [-0.39, 0.29) is 28.4 Å². The molecule has 0 saturated carbocycles. The van der Waals surface area contributed by atoms with E-state index < -0.39 is 20.9 Å². The van der Waals surface area contributed by atoms with Gasteiger partial charge in [0.15, 0.2) is 0 Å². The summed E-state index contributed by atoms with van der Waals surface area (Å²) in [5.41, 5.74) is 2.79. The zero-order chi connectivity index (χ0) is 23.6. The van der Waals surface area contributed by atoms with Crippen LogP contribution < -0.4 is 15.7 Å². The molecule has 0 radical (unpaired) electrons. The lowest BCUT2D eigenvalue weighted by Crippen LogP contribution is -2.45. The molecule has 1 saturated heterocycles. The zero-order valence-electron chi connectivity index (χ0n) is 17.5. The van der Waals surface area contributed by atoms with E-state index in [0.29, 0.717) is 42.5 Å². The predicted octanol–water partition coefficient (Wildman–Crippen LogP) is 1.51. The highest BCUT2D eigenvalue weighted by atomic mass is 35.5. The molecule has 2 aromatic rings. The molecule has 1 fully saturated rings. The smallest absolute Gasteiger partial charge is 0.293 e. The number of carbonyl (C=O) groups is 2. The first kappa shape index (κ1) is 24.2. The van der Waals surface area contributed by atoms with Crippen molar-refractivity contribution >= 4 is 50.7 Å². The molecule has 0 aromatic carbocycles. The highest BCUT2D eigenvalue weighted by molar-refractivity contribution is 7.90. The SMILES string of the molecule is CONC(=O)c1cc(N2CCC(NC(=O)c3[nH]c(C)c(Cl)c3Cl)CC2)nc(S(C)(=O)=O)n1. The van der Waals surface area contributed by atoms with Crippen molar-refractivity contribution in [2.75, 3.05) is 31.4 Å². The van der Waals surface area contributed by atoms with Gasteiger partial charge >= 0.3 is 0 Å². The third kappa shape index (κ3) is 5.31. The Hall–Kier alpha value is -2.41. The van der Waals surface area contributed by atoms with Gasteiger partial charge in [0.2, 0.25) is 15.0 Å². The number of anilines is 1. The Morgan fingerprint density at radius 1 is 1.19 bits per heavy atom. The van der Waals surface area contributed by atoms with Crippen LogP contribution in [0.25, 0.3) is 0 Å². The topological polar surface area (TPSA) is 146 Å². The van der Waals surface area contributed by atoms with Crippen molar-refractivity contribution in [2.45, 2.75) is 31.0 Å². The van der Waals surface area contributed by atoms with Crippen LogP contribution in [0.5, 0.6) is 0 Å². The van der Waals surface area contributed by atoms with Crippen molar-refractivity contribution < 1.29 is 22.8 Å². The van der Waals surface area contributed by atoms with Crippen LogP contribution in [0.1, 0.15) is 39.5 Å². The van der Waals surface area contributed by atoms with E-state index in [9.17, 15) is 18.0 Å². The van der Waals surface area contributed by atoms with Gasteiger partial charge in [0.1, 0.15) is 17.2 Å². The first-order valence-electron chi connectivity index (χ1n) is 9.53. The maximum Gasteiger partial charge on any atom is 0.293 e. The summed E-state index contributed by atoms with van der Waals surface area (Å²) >= 11 is 12.1.